The standard InChI is InChI=1S/C30H50O2/c1-18-11-13-27(5)15-16-29(7)20(24(27)19(18)2)9-10-23-28(6)17-21(31)25(32)26(3,4)22(28)12-14-30(23,29)8/h18-24,31H,9-17H2,1-8H3/t18-,19+,20-,21?,22?,23-,24+,27-,28+,29-,30-/m1/s1. The molecule has 1 N–H and O–H groups in total. The van der Waals surface area contributed by atoms with Gasteiger partial charge in [0.2, 0.25) is 0 Å². The van der Waals surface area contributed by atoms with E-state index < -0.39 is 11.5 Å². The second-order valence-corrected chi connectivity index (χ2v) is 15.0. The molecule has 182 valence electrons. The van der Waals surface area contributed by atoms with Crippen LogP contribution in [0.15, 0.2) is 0 Å². The number of hydrogen-bond donors (Lipinski definition) is 1. The minimum absolute atomic E-state index is 0.0734. The van der Waals surface area contributed by atoms with Crippen molar-refractivity contribution in [2.75, 3.05) is 0 Å². The minimum atomic E-state index is -0.770. The van der Waals surface area contributed by atoms with Gasteiger partial charge in [-0.15, -0.1) is 0 Å². The van der Waals surface area contributed by atoms with Gasteiger partial charge in [0.1, 0.15) is 6.10 Å². The average Bonchev–Trinajstić information content (AvgIpc) is 2.70. The molecular weight excluding hydrogens is 392 g/mol. The summed E-state index contributed by atoms with van der Waals surface area (Å²) in [6.45, 7) is 19.8. The molecule has 0 aromatic heterocycles. The Morgan fingerprint density at radius 3 is 2.16 bits per heavy atom. The van der Waals surface area contributed by atoms with Crippen LogP contribution in [0.1, 0.15) is 113 Å². The number of carbonyl (C=O) groups is 1. The van der Waals surface area contributed by atoms with Gasteiger partial charge in [0.15, 0.2) is 5.78 Å². The average molecular weight is 443 g/mol. The van der Waals surface area contributed by atoms with Gasteiger partial charge in [0, 0.05) is 5.41 Å². The van der Waals surface area contributed by atoms with Crippen molar-refractivity contribution in [2.45, 2.75) is 119 Å². The predicted molar refractivity (Wildman–Crippen MR) is 131 cm³/mol. The van der Waals surface area contributed by atoms with Crippen LogP contribution in [-0.2, 0) is 4.79 Å². The van der Waals surface area contributed by atoms with Crippen molar-refractivity contribution in [3.8, 4) is 0 Å². The summed E-state index contributed by atoms with van der Waals surface area (Å²) in [7, 11) is 0. The molecule has 0 amide bonds. The lowest BCUT2D eigenvalue weighted by Crippen LogP contribution is -2.68. The van der Waals surface area contributed by atoms with Crippen LogP contribution in [-0.4, -0.2) is 17.0 Å². The molecule has 5 saturated carbocycles. The Morgan fingerprint density at radius 1 is 0.781 bits per heavy atom. The summed E-state index contributed by atoms with van der Waals surface area (Å²) in [6.07, 6.45) is 10.6. The van der Waals surface area contributed by atoms with E-state index in [1.807, 2.05) is 0 Å². The zero-order valence-electron chi connectivity index (χ0n) is 22.3. The second kappa shape index (κ2) is 6.86. The maximum atomic E-state index is 13.0. The van der Waals surface area contributed by atoms with Crippen LogP contribution in [0, 0.1) is 62.6 Å². The predicted octanol–water partition coefficient (Wildman–Crippen LogP) is 7.28. The summed E-state index contributed by atoms with van der Waals surface area (Å²) in [5, 5.41) is 10.9. The van der Waals surface area contributed by atoms with E-state index in [1.165, 1.54) is 44.9 Å². The van der Waals surface area contributed by atoms with E-state index in [1.54, 1.807) is 0 Å². The highest BCUT2D eigenvalue weighted by molar-refractivity contribution is 5.89. The van der Waals surface area contributed by atoms with Crippen LogP contribution >= 0.6 is 0 Å². The molecular formula is C30H50O2. The third-order valence-electron chi connectivity index (χ3n) is 13.7. The summed E-state index contributed by atoms with van der Waals surface area (Å²) in [5.74, 6) is 4.52. The first-order chi connectivity index (χ1) is 14.7. The van der Waals surface area contributed by atoms with Crippen molar-refractivity contribution < 1.29 is 9.90 Å². The number of fused-ring (bicyclic) bond motifs is 7. The fraction of sp³-hybridized carbons (Fsp3) is 0.967. The lowest BCUT2D eigenvalue weighted by atomic mass is 9.31. The highest BCUT2D eigenvalue weighted by Crippen LogP contribution is 2.76. The fourth-order valence-electron chi connectivity index (χ4n) is 11.6. The van der Waals surface area contributed by atoms with Gasteiger partial charge in [0.25, 0.3) is 0 Å². The highest BCUT2D eigenvalue weighted by Gasteiger charge is 2.70. The number of hydrogen-bond acceptors (Lipinski definition) is 2. The largest absolute Gasteiger partial charge is 0.385 e. The van der Waals surface area contributed by atoms with Crippen LogP contribution in [0.2, 0.25) is 0 Å². The number of aliphatic hydroxyl groups is 1. The fourth-order valence-corrected chi connectivity index (χ4v) is 11.6. The third kappa shape index (κ3) is 2.66. The molecule has 32 heavy (non-hydrogen) atoms. The first-order valence-corrected chi connectivity index (χ1v) is 13.9. The molecule has 0 aromatic rings. The van der Waals surface area contributed by atoms with Gasteiger partial charge >= 0.3 is 0 Å². The van der Waals surface area contributed by atoms with E-state index in [0.717, 1.165) is 30.1 Å². The van der Waals surface area contributed by atoms with Crippen LogP contribution in [0.25, 0.3) is 0 Å². The summed E-state index contributed by atoms with van der Waals surface area (Å²) in [4.78, 5) is 13.0. The van der Waals surface area contributed by atoms with Crippen LogP contribution < -0.4 is 0 Å². The first-order valence-electron chi connectivity index (χ1n) is 13.9. The molecule has 5 aliphatic carbocycles. The third-order valence-corrected chi connectivity index (χ3v) is 13.7. The van der Waals surface area contributed by atoms with Gasteiger partial charge in [-0.1, -0.05) is 55.4 Å². The molecule has 2 unspecified atom stereocenters. The molecule has 2 heteroatoms. The molecule has 5 rings (SSSR count). The van der Waals surface area contributed by atoms with Gasteiger partial charge in [-0.2, -0.15) is 0 Å². The molecule has 0 spiro atoms. The van der Waals surface area contributed by atoms with E-state index in [4.69, 9.17) is 0 Å². The van der Waals surface area contributed by atoms with Crippen molar-refractivity contribution >= 4 is 5.78 Å². The van der Waals surface area contributed by atoms with Gasteiger partial charge in [-0.05, 0) is 115 Å². The highest BCUT2D eigenvalue weighted by atomic mass is 16.3. The van der Waals surface area contributed by atoms with Gasteiger partial charge in [0.05, 0.1) is 0 Å². The van der Waals surface area contributed by atoms with Crippen LogP contribution in [0.3, 0.4) is 0 Å². The summed E-state index contributed by atoms with van der Waals surface area (Å²) in [6, 6.07) is 0. The minimum Gasteiger partial charge on any atom is -0.385 e. The molecule has 2 nitrogen and oxygen atoms in total. The lowest BCUT2D eigenvalue weighted by Gasteiger charge is -2.73. The van der Waals surface area contributed by atoms with Crippen molar-refractivity contribution in [3.63, 3.8) is 0 Å². The van der Waals surface area contributed by atoms with Gasteiger partial charge < -0.3 is 5.11 Å². The molecule has 0 radical (unpaired) electrons. The SMILES string of the molecule is C[C@@H]1[C@H]2[C@H]3CC[C@@H]4[C@@]5(C)CC(O)C(=O)C(C)(C)C5CC[C@@]4(C)[C@]3(C)CC[C@@]2(C)CC[C@H]1C. The number of Topliss-reactive ketones (excluding diaryl/α,β-unsaturated/α-hetero) is 1. The molecule has 0 bridgehead atoms. The summed E-state index contributed by atoms with van der Waals surface area (Å²) >= 11 is 0. The maximum Gasteiger partial charge on any atom is 0.167 e. The maximum absolute atomic E-state index is 13.0. The molecule has 0 aromatic carbocycles. The molecule has 5 aliphatic rings. The Kier molecular flexibility index (Phi) is 5.01. The Balaban J connectivity index is 1.55. The zero-order valence-corrected chi connectivity index (χ0v) is 22.3. The van der Waals surface area contributed by atoms with E-state index in [0.29, 0.717) is 34.5 Å². The molecule has 0 aliphatic heterocycles. The number of rotatable bonds is 0. The quantitative estimate of drug-likeness (QED) is 0.428. The van der Waals surface area contributed by atoms with E-state index in [-0.39, 0.29) is 11.2 Å². The monoisotopic (exact) mass is 442 g/mol. The molecule has 0 saturated heterocycles. The Bertz CT molecular complexity index is 801. The van der Waals surface area contributed by atoms with Crippen molar-refractivity contribution in [1.82, 2.24) is 0 Å². The Morgan fingerprint density at radius 2 is 1.47 bits per heavy atom. The normalized spacial score (nSPS) is 59.4. The van der Waals surface area contributed by atoms with Crippen molar-refractivity contribution in [1.29, 1.82) is 0 Å². The number of aliphatic hydroxyl groups excluding tert-OH is 1. The smallest absolute Gasteiger partial charge is 0.167 e. The zero-order chi connectivity index (χ0) is 23.5. The Hall–Kier alpha value is -0.370. The van der Waals surface area contributed by atoms with E-state index >= 15 is 0 Å². The molecule has 5 fully saturated rings. The van der Waals surface area contributed by atoms with Crippen LogP contribution in [0.5, 0.6) is 0 Å². The lowest BCUT2D eigenvalue weighted by molar-refractivity contribution is -0.249. The van der Waals surface area contributed by atoms with E-state index in [9.17, 15) is 9.90 Å². The summed E-state index contributed by atoms with van der Waals surface area (Å²) in [5.41, 5.74) is 0.916. The van der Waals surface area contributed by atoms with Gasteiger partial charge in [-0.3, -0.25) is 4.79 Å². The number of carbonyl (C=O) groups excluding carboxylic acids is 1. The van der Waals surface area contributed by atoms with Crippen LogP contribution in [0.4, 0.5) is 0 Å². The topological polar surface area (TPSA) is 37.3 Å². The Labute approximate surface area is 197 Å². The molecule has 0 heterocycles. The second-order valence-electron chi connectivity index (χ2n) is 15.0. The van der Waals surface area contributed by atoms with Gasteiger partial charge in [-0.25, -0.2) is 0 Å². The molecule has 11 atom stereocenters. The summed E-state index contributed by atoms with van der Waals surface area (Å²) < 4.78 is 0. The number of ketones is 1. The van der Waals surface area contributed by atoms with E-state index in [2.05, 4.69) is 55.4 Å². The first kappa shape index (κ1) is 23.4. The van der Waals surface area contributed by atoms with Crippen molar-refractivity contribution in [2.24, 2.45) is 62.6 Å². The van der Waals surface area contributed by atoms with Crippen molar-refractivity contribution in [3.05, 3.63) is 0 Å².